The van der Waals surface area contributed by atoms with Crippen molar-refractivity contribution in [3.05, 3.63) is 28.8 Å². The summed E-state index contributed by atoms with van der Waals surface area (Å²) in [5.74, 6) is 0.0314. The van der Waals surface area contributed by atoms with Gasteiger partial charge in [-0.2, -0.15) is 0 Å². The second-order valence-electron chi connectivity index (χ2n) is 4.90. The van der Waals surface area contributed by atoms with Gasteiger partial charge in [-0.05, 0) is 32.6 Å². The summed E-state index contributed by atoms with van der Waals surface area (Å²) in [6.45, 7) is 1.93. The van der Waals surface area contributed by atoms with Crippen LogP contribution in [-0.2, 0) is 0 Å². The Morgan fingerprint density at radius 1 is 1.50 bits per heavy atom. The predicted molar refractivity (Wildman–Crippen MR) is 76.8 cm³/mol. The molecule has 0 aromatic heterocycles. The minimum absolute atomic E-state index is 0.0314. The van der Waals surface area contributed by atoms with Crippen molar-refractivity contribution in [2.75, 3.05) is 32.1 Å². The lowest BCUT2D eigenvalue weighted by Gasteiger charge is -2.24. The zero-order chi connectivity index (χ0) is 13.3. The Bertz CT molecular complexity index is 458. The molecular weight excluding hydrogens is 248 g/mol. The zero-order valence-electron chi connectivity index (χ0n) is 10.8. The van der Waals surface area contributed by atoms with Crippen LogP contribution in [-0.4, -0.2) is 44.0 Å². The van der Waals surface area contributed by atoms with Crippen LogP contribution in [0.1, 0.15) is 12.0 Å². The third-order valence-electron chi connectivity index (χ3n) is 3.50. The number of nitrogens with two attached hydrogens (primary N) is 1. The number of halogens is 1. The number of anilines is 1. The van der Waals surface area contributed by atoms with E-state index in [0.717, 1.165) is 25.2 Å². The number of benzene rings is 1. The summed E-state index contributed by atoms with van der Waals surface area (Å²) in [6.07, 6.45) is 1.12. The first-order valence-corrected chi connectivity index (χ1v) is 6.42. The van der Waals surface area contributed by atoms with Crippen LogP contribution >= 0.6 is 11.6 Å². The summed E-state index contributed by atoms with van der Waals surface area (Å²) in [5.41, 5.74) is 7.26. The van der Waals surface area contributed by atoms with Gasteiger partial charge in [-0.1, -0.05) is 17.7 Å². The molecule has 18 heavy (non-hydrogen) atoms. The predicted octanol–water partition coefficient (Wildman–Crippen LogP) is 1.76. The molecule has 2 rings (SSSR count). The molecule has 1 aliphatic heterocycles. The van der Waals surface area contributed by atoms with Crippen molar-refractivity contribution in [1.29, 1.82) is 5.41 Å². The highest BCUT2D eigenvalue weighted by Crippen LogP contribution is 2.30. The standard InChI is InChI=1S/C13H19ClN4/c1-17(2)9-6-7-18(8-9)11-5-3-4-10(14)12(11)13(15)16/h3-5,9H,6-8H2,1-2H3,(H3,15,16). The number of hydrogen-bond acceptors (Lipinski definition) is 3. The number of nitrogens with zero attached hydrogens (tertiary/aromatic N) is 2. The van der Waals surface area contributed by atoms with E-state index in [-0.39, 0.29) is 5.84 Å². The molecule has 0 amide bonds. The van der Waals surface area contributed by atoms with Gasteiger partial charge in [-0.25, -0.2) is 0 Å². The fraction of sp³-hybridized carbons (Fsp3) is 0.462. The number of rotatable bonds is 3. The Hall–Kier alpha value is -1.26. The van der Waals surface area contributed by atoms with Gasteiger partial charge in [-0.15, -0.1) is 0 Å². The van der Waals surface area contributed by atoms with E-state index in [1.807, 2.05) is 12.1 Å². The first-order chi connectivity index (χ1) is 8.50. The maximum Gasteiger partial charge on any atom is 0.126 e. The van der Waals surface area contributed by atoms with Crippen molar-refractivity contribution in [1.82, 2.24) is 4.90 Å². The molecule has 1 unspecified atom stereocenters. The highest BCUT2D eigenvalue weighted by Gasteiger charge is 2.26. The molecule has 0 radical (unpaired) electrons. The van der Waals surface area contributed by atoms with E-state index < -0.39 is 0 Å². The monoisotopic (exact) mass is 266 g/mol. The maximum absolute atomic E-state index is 7.67. The van der Waals surface area contributed by atoms with Crippen molar-refractivity contribution in [2.24, 2.45) is 5.73 Å². The molecule has 4 nitrogen and oxygen atoms in total. The molecule has 1 saturated heterocycles. The molecular formula is C13H19ClN4. The molecule has 98 valence electrons. The second-order valence-corrected chi connectivity index (χ2v) is 5.31. The average molecular weight is 267 g/mol. The van der Waals surface area contributed by atoms with Gasteiger partial charge in [0, 0.05) is 24.8 Å². The van der Waals surface area contributed by atoms with E-state index in [1.54, 1.807) is 6.07 Å². The van der Waals surface area contributed by atoms with E-state index in [1.165, 1.54) is 0 Å². The third-order valence-corrected chi connectivity index (χ3v) is 3.81. The molecule has 1 aliphatic rings. The van der Waals surface area contributed by atoms with Crippen LogP contribution in [0, 0.1) is 5.41 Å². The molecule has 1 atom stereocenters. The second kappa shape index (κ2) is 5.16. The highest BCUT2D eigenvalue weighted by molar-refractivity contribution is 6.34. The number of nitrogen functional groups attached to an aromatic ring is 1. The summed E-state index contributed by atoms with van der Waals surface area (Å²) in [7, 11) is 4.19. The number of likely N-dealkylation sites (N-methyl/N-ethyl adjacent to an activating group) is 1. The molecule has 0 bridgehead atoms. The summed E-state index contributed by atoms with van der Waals surface area (Å²) in [4.78, 5) is 4.49. The van der Waals surface area contributed by atoms with E-state index in [2.05, 4.69) is 23.9 Å². The number of hydrogen-bond donors (Lipinski definition) is 2. The molecule has 0 saturated carbocycles. The van der Waals surface area contributed by atoms with Crippen molar-refractivity contribution in [2.45, 2.75) is 12.5 Å². The van der Waals surface area contributed by atoms with Crippen molar-refractivity contribution >= 4 is 23.1 Å². The zero-order valence-corrected chi connectivity index (χ0v) is 11.5. The lowest BCUT2D eigenvalue weighted by Crippen LogP contribution is -2.32. The van der Waals surface area contributed by atoms with Crippen LogP contribution in [0.3, 0.4) is 0 Å². The summed E-state index contributed by atoms with van der Waals surface area (Å²) < 4.78 is 0. The largest absolute Gasteiger partial charge is 0.384 e. The molecule has 1 heterocycles. The topological polar surface area (TPSA) is 56.4 Å². The van der Waals surface area contributed by atoms with Crippen LogP contribution in [0.2, 0.25) is 5.02 Å². The number of nitrogens with one attached hydrogen (secondary N) is 1. The Morgan fingerprint density at radius 3 is 2.78 bits per heavy atom. The Balaban J connectivity index is 2.30. The number of amidine groups is 1. The average Bonchev–Trinajstić information content (AvgIpc) is 2.77. The molecule has 0 spiro atoms. The first kappa shape index (κ1) is 13.2. The Morgan fingerprint density at radius 2 is 2.22 bits per heavy atom. The van der Waals surface area contributed by atoms with Crippen LogP contribution < -0.4 is 10.6 Å². The summed E-state index contributed by atoms with van der Waals surface area (Å²) in [6, 6.07) is 6.22. The maximum atomic E-state index is 7.67. The SMILES string of the molecule is CN(C)C1CCN(c2cccc(Cl)c2C(=N)N)C1. The van der Waals surface area contributed by atoms with Crippen LogP contribution in [0.5, 0.6) is 0 Å². The van der Waals surface area contributed by atoms with E-state index in [0.29, 0.717) is 16.6 Å². The minimum atomic E-state index is 0.0314. The van der Waals surface area contributed by atoms with Crippen molar-refractivity contribution < 1.29 is 0 Å². The van der Waals surface area contributed by atoms with Gasteiger partial charge in [-0.3, -0.25) is 5.41 Å². The van der Waals surface area contributed by atoms with Crippen molar-refractivity contribution in [3.63, 3.8) is 0 Å². The molecule has 3 N–H and O–H groups in total. The van der Waals surface area contributed by atoms with E-state index >= 15 is 0 Å². The van der Waals surface area contributed by atoms with Crippen LogP contribution in [0.25, 0.3) is 0 Å². The molecule has 1 aromatic carbocycles. The van der Waals surface area contributed by atoms with Crippen LogP contribution in [0.4, 0.5) is 5.69 Å². The minimum Gasteiger partial charge on any atom is -0.384 e. The normalized spacial score (nSPS) is 19.6. The van der Waals surface area contributed by atoms with Gasteiger partial charge in [0.15, 0.2) is 0 Å². The fourth-order valence-corrected chi connectivity index (χ4v) is 2.70. The van der Waals surface area contributed by atoms with Gasteiger partial charge in [0.2, 0.25) is 0 Å². The first-order valence-electron chi connectivity index (χ1n) is 6.05. The smallest absolute Gasteiger partial charge is 0.126 e. The summed E-state index contributed by atoms with van der Waals surface area (Å²) >= 11 is 6.14. The molecule has 0 aliphatic carbocycles. The summed E-state index contributed by atoms with van der Waals surface area (Å²) in [5, 5.41) is 8.22. The molecule has 1 fully saturated rings. The quantitative estimate of drug-likeness (QED) is 0.648. The molecule has 1 aromatic rings. The van der Waals surface area contributed by atoms with Gasteiger partial charge >= 0.3 is 0 Å². The third kappa shape index (κ3) is 2.44. The van der Waals surface area contributed by atoms with Gasteiger partial charge < -0.3 is 15.5 Å². The lowest BCUT2D eigenvalue weighted by atomic mass is 10.1. The van der Waals surface area contributed by atoms with Crippen molar-refractivity contribution in [3.8, 4) is 0 Å². The van der Waals surface area contributed by atoms with Gasteiger partial charge in [0.1, 0.15) is 5.84 Å². The van der Waals surface area contributed by atoms with E-state index in [4.69, 9.17) is 22.7 Å². The molecule has 5 heteroatoms. The van der Waals surface area contributed by atoms with E-state index in [9.17, 15) is 0 Å². The Labute approximate surface area is 113 Å². The van der Waals surface area contributed by atoms with Crippen LogP contribution in [0.15, 0.2) is 18.2 Å². The lowest BCUT2D eigenvalue weighted by molar-refractivity contribution is 0.315. The Kier molecular flexibility index (Phi) is 3.78. The van der Waals surface area contributed by atoms with Gasteiger partial charge in [0.05, 0.1) is 10.6 Å². The highest BCUT2D eigenvalue weighted by atomic mass is 35.5. The fourth-order valence-electron chi connectivity index (χ4n) is 2.43. The van der Waals surface area contributed by atoms with Gasteiger partial charge in [0.25, 0.3) is 0 Å².